The lowest BCUT2D eigenvalue weighted by Crippen LogP contribution is -2.63. The number of hydrogen-bond donors (Lipinski definition) is 1. The molecule has 1 fully saturated rings. The second-order valence-corrected chi connectivity index (χ2v) is 7.49. The van der Waals surface area contributed by atoms with E-state index in [-0.39, 0.29) is 17.3 Å². The van der Waals surface area contributed by atoms with Gasteiger partial charge in [0.25, 0.3) is 0 Å². The lowest BCUT2D eigenvalue weighted by atomic mass is 10.0. The number of carbonyl (C=O) groups is 1. The number of nitrogens with one attached hydrogen (secondary N) is 1. The van der Waals surface area contributed by atoms with E-state index in [0.717, 1.165) is 5.56 Å². The fraction of sp³-hybridized carbons (Fsp3) is 0.500. The molecule has 6 heteroatoms. The van der Waals surface area contributed by atoms with Crippen LogP contribution in [0.5, 0.6) is 0 Å². The first kappa shape index (κ1) is 15.0. The van der Waals surface area contributed by atoms with Gasteiger partial charge in [0.2, 0.25) is 15.9 Å². The van der Waals surface area contributed by atoms with Crippen LogP contribution in [0.4, 0.5) is 0 Å². The Morgan fingerprint density at radius 1 is 1.25 bits per heavy atom. The molecule has 1 N–H and O–H groups in total. The molecule has 110 valence electrons. The maximum absolute atomic E-state index is 12.9. The molecule has 0 bridgehead atoms. The van der Waals surface area contributed by atoms with E-state index in [1.54, 1.807) is 32.9 Å². The van der Waals surface area contributed by atoms with Crippen molar-refractivity contribution in [3.63, 3.8) is 0 Å². The average molecular weight is 296 g/mol. The molecule has 0 atom stereocenters. The first-order valence-electron chi connectivity index (χ1n) is 6.56. The van der Waals surface area contributed by atoms with Gasteiger partial charge < -0.3 is 5.32 Å². The molecule has 0 saturated carbocycles. The third-order valence-electron chi connectivity index (χ3n) is 3.69. The first-order chi connectivity index (χ1) is 9.17. The van der Waals surface area contributed by atoms with Gasteiger partial charge in [-0.1, -0.05) is 12.1 Å². The van der Waals surface area contributed by atoms with Crippen LogP contribution in [0.15, 0.2) is 23.1 Å². The van der Waals surface area contributed by atoms with Crippen LogP contribution in [0.25, 0.3) is 0 Å². The van der Waals surface area contributed by atoms with Gasteiger partial charge in [0.05, 0.1) is 4.90 Å². The van der Waals surface area contributed by atoms with Gasteiger partial charge >= 0.3 is 0 Å². The van der Waals surface area contributed by atoms with Gasteiger partial charge in [0.1, 0.15) is 5.54 Å². The van der Waals surface area contributed by atoms with Crippen LogP contribution in [-0.4, -0.2) is 37.3 Å². The number of sulfonamides is 1. The Morgan fingerprint density at radius 2 is 1.90 bits per heavy atom. The molecule has 1 aromatic rings. The zero-order valence-electron chi connectivity index (χ0n) is 12.2. The normalized spacial score (nSPS) is 19.7. The Kier molecular flexibility index (Phi) is 3.64. The van der Waals surface area contributed by atoms with E-state index >= 15 is 0 Å². The number of aryl methyl sites for hydroxylation is 2. The highest BCUT2D eigenvalue weighted by molar-refractivity contribution is 7.89. The lowest BCUT2D eigenvalue weighted by Gasteiger charge is -2.40. The molecule has 1 aliphatic heterocycles. The summed E-state index contributed by atoms with van der Waals surface area (Å²) in [4.78, 5) is 12.2. The van der Waals surface area contributed by atoms with Crippen molar-refractivity contribution in [2.45, 2.75) is 38.1 Å². The second-order valence-electron chi connectivity index (χ2n) is 5.66. The van der Waals surface area contributed by atoms with Crippen LogP contribution in [0.2, 0.25) is 0 Å². The van der Waals surface area contributed by atoms with E-state index in [2.05, 4.69) is 5.32 Å². The van der Waals surface area contributed by atoms with E-state index < -0.39 is 15.6 Å². The van der Waals surface area contributed by atoms with Crippen molar-refractivity contribution in [3.8, 4) is 0 Å². The van der Waals surface area contributed by atoms with E-state index in [9.17, 15) is 13.2 Å². The molecule has 0 aromatic heterocycles. The van der Waals surface area contributed by atoms with Crippen molar-refractivity contribution in [3.05, 3.63) is 29.3 Å². The predicted molar refractivity (Wildman–Crippen MR) is 76.9 cm³/mol. The molecule has 1 amide bonds. The number of benzene rings is 1. The number of carbonyl (C=O) groups excluding carboxylic acids is 1. The molecule has 0 radical (unpaired) electrons. The van der Waals surface area contributed by atoms with E-state index in [1.807, 2.05) is 13.0 Å². The molecule has 1 aromatic carbocycles. The highest BCUT2D eigenvalue weighted by Gasteiger charge is 2.45. The monoisotopic (exact) mass is 296 g/mol. The molecule has 5 nitrogen and oxygen atoms in total. The Labute approximate surface area is 120 Å². The van der Waals surface area contributed by atoms with Crippen molar-refractivity contribution >= 4 is 15.9 Å². The van der Waals surface area contributed by atoms with Crippen molar-refractivity contribution in [1.82, 2.24) is 9.62 Å². The molecule has 20 heavy (non-hydrogen) atoms. The largest absolute Gasteiger partial charge is 0.353 e. The third kappa shape index (κ3) is 2.33. The van der Waals surface area contributed by atoms with Gasteiger partial charge in [0, 0.05) is 13.1 Å². The Balaban J connectivity index is 2.55. The highest BCUT2D eigenvalue weighted by Crippen LogP contribution is 2.28. The minimum Gasteiger partial charge on any atom is -0.353 e. The number of rotatable bonds is 2. The second kappa shape index (κ2) is 4.86. The predicted octanol–water partition coefficient (Wildman–Crippen LogP) is 1.20. The highest BCUT2D eigenvalue weighted by atomic mass is 32.2. The third-order valence-corrected chi connectivity index (χ3v) is 5.91. The average Bonchev–Trinajstić information content (AvgIpc) is 2.35. The minimum atomic E-state index is -3.68. The van der Waals surface area contributed by atoms with E-state index in [4.69, 9.17) is 0 Å². The maximum atomic E-state index is 12.9. The number of hydrogen-bond acceptors (Lipinski definition) is 3. The van der Waals surface area contributed by atoms with Crippen molar-refractivity contribution in [2.75, 3.05) is 13.1 Å². The molecule has 2 rings (SSSR count). The summed E-state index contributed by atoms with van der Waals surface area (Å²) in [6, 6.07) is 5.33. The molecular formula is C14H20N2O3S. The summed E-state index contributed by atoms with van der Waals surface area (Å²) in [7, 11) is -3.68. The number of piperazine rings is 1. The van der Waals surface area contributed by atoms with Gasteiger partial charge in [-0.15, -0.1) is 0 Å². The molecule has 0 unspecified atom stereocenters. The molecule has 1 aliphatic rings. The number of nitrogens with zero attached hydrogens (tertiary/aromatic N) is 1. The fourth-order valence-electron chi connectivity index (χ4n) is 2.40. The zero-order valence-corrected chi connectivity index (χ0v) is 13.0. The zero-order chi connectivity index (χ0) is 15.1. The molecular weight excluding hydrogens is 276 g/mol. The van der Waals surface area contributed by atoms with Gasteiger partial charge in [-0.2, -0.15) is 4.31 Å². The fourth-order valence-corrected chi connectivity index (χ4v) is 4.47. The Morgan fingerprint density at radius 3 is 2.55 bits per heavy atom. The van der Waals surface area contributed by atoms with Gasteiger partial charge in [-0.3, -0.25) is 4.79 Å². The quantitative estimate of drug-likeness (QED) is 0.892. The molecule has 0 spiro atoms. The molecule has 0 aliphatic carbocycles. The van der Waals surface area contributed by atoms with Crippen LogP contribution >= 0.6 is 0 Å². The van der Waals surface area contributed by atoms with E-state index in [1.165, 1.54) is 4.31 Å². The van der Waals surface area contributed by atoms with Gasteiger partial charge in [0.15, 0.2) is 0 Å². The summed E-state index contributed by atoms with van der Waals surface area (Å²) in [5.74, 6) is -0.266. The van der Waals surface area contributed by atoms with Gasteiger partial charge in [-0.05, 0) is 44.9 Å². The van der Waals surface area contributed by atoms with Crippen LogP contribution in [0.1, 0.15) is 25.0 Å². The smallest absolute Gasteiger partial charge is 0.244 e. The lowest BCUT2D eigenvalue weighted by molar-refractivity contribution is -0.131. The van der Waals surface area contributed by atoms with E-state index in [0.29, 0.717) is 12.1 Å². The Hall–Kier alpha value is -1.40. The van der Waals surface area contributed by atoms with Crippen LogP contribution < -0.4 is 5.32 Å². The molecule has 1 saturated heterocycles. The minimum absolute atomic E-state index is 0.266. The maximum Gasteiger partial charge on any atom is 0.244 e. The van der Waals surface area contributed by atoms with Gasteiger partial charge in [-0.25, -0.2) is 8.42 Å². The first-order valence-corrected chi connectivity index (χ1v) is 8.00. The van der Waals surface area contributed by atoms with Crippen molar-refractivity contribution < 1.29 is 13.2 Å². The van der Waals surface area contributed by atoms with Crippen molar-refractivity contribution in [1.29, 1.82) is 0 Å². The summed E-state index contributed by atoms with van der Waals surface area (Å²) in [5.41, 5.74) is 0.499. The Bertz CT molecular complexity index is 650. The van der Waals surface area contributed by atoms with Crippen LogP contribution in [0, 0.1) is 13.8 Å². The van der Waals surface area contributed by atoms with Crippen LogP contribution in [0.3, 0.4) is 0 Å². The van der Waals surface area contributed by atoms with Crippen molar-refractivity contribution in [2.24, 2.45) is 0 Å². The summed E-state index contributed by atoms with van der Waals surface area (Å²) < 4.78 is 27.0. The molecule has 1 heterocycles. The summed E-state index contributed by atoms with van der Waals surface area (Å²) >= 11 is 0. The SMILES string of the molecule is Cc1ccc(C)c(S(=O)(=O)N2CCNC(=O)C2(C)C)c1. The summed E-state index contributed by atoms with van der Waals surface area (Å²) in [6.45, 7) is 7.50. The summed E-state index contributed by atoms with van der Waals surface area (Å²) in [5, 5.41) is 2.71. The summed E-state index contributed by atoms with van der Waals surface area (Å²) in [6.07, 6.45) is 0. The topological polar surface area (TPSA) is 66.5 Å². The number of amides is 1. The standard InChI is InChI=1S/C14H20N2O3S/c1-10-5-6-11(2)12(9-10)20(18,19)16-8-7-15-13(17)14(16,3)4/h5-6,9H,7-8H2,1-4H3,(H,15,17). The van der Waals surface area contributed by atoms with Crippen LogP contribution in [-0.2, 0) is 14.8 Å².